The molecule has 0 rings (SSSR count). The van der Waals surface area contributed by atoms with E-state index in [1.165, 1.54) is 0 Å². The number of halogens is 1. The van der Waals surface area contributed by atoms with Gasteiger partial charge < -0.3 is 0 Å². The molecule has 0 aromatic rings. The largest absolute Gasteiger partial charge is 0.299 e. The molecular weight excluding hydrogens is 252 g/mol. The third kappa shape index (κ3) is 23.3. The molecule has 1 unspecified atom stereocenters. The summed E-state index contributed by atoms with van der Waals surface area (Å²) in [7, 11) is 0. The Morgan fingerprint density at radius 2 is 1.69 bits per heavy atom. The molecule has 0 amide bonds. The lowest BCUT2D eigenvalue weighted by atomic mass is 10.1. The van der Waals surface area contributed by atoms with E-state index >= 15 is 0 Å². The van der Waals surface area contributed by atoms with Crippen molar-refractivity contribution in [2.24, 2.45) is 0 Å². The van der Waals surface area contributed by atoms with Crippen LogP contribution in [0.5, 0.6) is 0 Å². The van der Waals surface area contributed by atoms with Crippen molar-refractivity contribution in [1.82, 2.24) is 0 Å². The molecule has 0 radical (unpaired) electrons. The number of alkyl halides is 1. The molecule has 0 aromatic heterocycles. The van der Waals surface area contributed by atoms with Gasteiger partial charge in [0.15, 0.2) is 0 Å². The molecule has 0 aromatic carbocycles. The van der Waals surface area contributed by atoms with Crippen molar-refractivity contribution in [3.8, 4) is 12.1 Å². The quantitative estimate of drug-likeness (QED) is 0.437. The van der Waals surface area contributed by atoms with Crippen LogP contribution in [-0.2, 0) is 11.4 Å². The van der Waals surface area contributed by atoms with Crippen LogP contribution in [0.1, 0.15) is 38.5 Å². The van der Waals surface area contributed by atoms with Crippen LogP contribution in [0, 0.1) is 22.7 Å². The van der Waals surface area contributed by atoms with E-state index in [0.717, 1.165) is 32.1 Å². The monoisotopic (exact) mass is 266 g/mol. The fourth-order valence-electron chi connectivity index (χ4n) is 0.946. The van der Waals surface area contributed by atoms with Crippen LogP contribution in [0.3, 0.4) is 0 Å². The Balaban J connectivity index is 0. The highest BCUT2D eigenvalue weighted by atomic mass is 35.5. The van der Waals surface area contributed by atoms with Crippen LogP contribution in [0.4, 0.5) is 0 Å². The van der Waals surface area contributed by atoms with E-state index in [1.807, 2.05) is 6.07 Å². The van der Waals surface area contributed by atoms with Gasteiger partial charge in [0.2, 0.25) is 0 Å². The highest BCUT2D eigenvalue weighted by Gasteiger charge is 2.00. The van der Waals surface area contributed by atoms with Gasteiger partial charge in [0, 0.05) is 6.42 Å². The lowest BCUT2D eigenvalue weighted by molar-refractivity contribution is 0.454. The lowest BCUT2D eigenvalue weighted by Crippen LogP contribution is -1.92. The smallest absolute Gasteiger partial charge is 0.284 e. The molecule has 16 heavy (non-hydrogen) atoms. The maximum atomic E-state index is 8.67. The number of nitriles is 2. The molecule has 0 aliphatic heterocycles. The first-order chi connectivity index (χ1) is 7.54. The standard InChI is InChI=1S/C9H13ClN2.H2O3S/c10-9(8-12)6-4-2-1-3-5-7-11;1-4(2)3/h9H,1-6H2;(H2,1,2,3). The summed E-state index contributed by atoms with van der Waals surface area (Å²) in [4.78, 5) is 0. The second-order valence-electron chi connectivity index (χ2n) is 2.94. The molecule has 5 nitrogen and oxygen atoms in total. The van der Waals surface area contributed by atoms with E-state index in [-0.39, 0.29) is 5.38 Å². The first-order valence-electron chi connectivity index (χ1n) is 4.75. The summed E-state index contributed by atoms with van der Waals surface area (Å²) in [6.07, 6.45) is 5.52. The second-order valence-corrected chi connectivity index (χ2v) is 3.93. The molecule has 7 heteroatoms. The maximum absolute atomic E-state index is 8.67. The van der Waals surface area contributed by atoms with Crippen molar-refractivity contribution in [1.29, 1.82) is 10.5 Å². The van der Waals surface area contributed by atoms with Gasteiger partial charge in [-0.25, -0.2) is 0 Å². The average Bonchev–Trinajstić information content (AvgIpc) is 2.22. The molecule has 0 saturated carbocycles. The van der Waals surface area contributed by atoms with Crippen LogP contribution in [0.15, 0.2) is 0 Å². The molecule has 0 spiro atoms. The predicted molar refractivity (Wildman–Crippen MR) is 62.0 cm³/mol. The van der Waals surface area contributed by atoms with Gasteiger partial charge in [-0.1, -0.05) is 19.3 Å². The number of hydrogen-bond donors (Lipinski definition) is 2. The Morgan fingerprint density at radius 3 is 2.12 bits per heavy atom. The lowest BCUT2D eigenvalue weighted by Gasteiger charge is -1.99. The summed E-state index contributed by atoms with van der Waals surface area (Å²) in [5, 5.41) is 16.3. The summed E-state index contributed by atoms with van der Waals surface area (Å²) in [6.45, 7) is 0. The zero-order valence-corrected chi connectivity index (χ0v) is 10.4. The second kappa shape index (κ2) is 14.3. The Bertz CT molecular complexity index is 258. The topological polar surface area (TPSA) is 105 Å². The summed E-state index contributed by atoms with van der Waals surface area (Å²) < 4.78 is 22.8. The molecule has 0 fully saturated rings. The zero-order valence-electron chi connectivity index (χ0n) is 8.80. The molecule has 0 heterocycles. The van der Waals surface area contributed by atoms with Gasteiger partial charge >= 0.3 is 0 Å². The van der Waals surface area contributed by atoms with Crippen LogP contribution >= 0.6 is 11.6 Å². The van der Waals surface area contributed by atoms with E-state index in [1.54, 1.807) is 0 Å². The van der Waals surface area contributed by atoms with E-state index in [0.29, 0.717) is 6.42 Å². The minimum absolute atomic E-state index is 0.332. The third-order valence-electron chi connectivity index (χ3n) is 1.64. The summed E-state index contributed by atoms with van der Waals surface area (Å²) in [6, 6.07) is 4.08. The fourth-order valence-corrected chi connectivity index (χ4v) is 1.10. The first kappa shape index (κ1) is 17.7. The van der Waals surface area contributed by atoms with Gasteiger partial charge in [0.25, 0.3) is 11.4 Å². The van der Waals surface area contributed by atoms with Gasteiger partial charge in [0.05, 0.1) is 12.1 Å². The molecular formula is C9H15ClN2O3S. The Hall–Kier alpha value is -0.660. The average molecular weight is 267 g/mol. The van der Waals surface area contributed by atoms with Crippen LogP contribution in [0.2, 0.25) is 0 Å². The van der Waals surface area contributed by atoms with Crippen molar-refractivity contribution in [2.75, 3.05) is 0 Å². The number of nitrogens with zero attached hydrogens (tertiary/aromatic N) is 2. The summed E-state index contributed by atoms with van der Waals surface area (Å²) in [5.41, 5.74) is 0. The SMILES string of the molecule is N#CCCCCCCC(Cl)C#N.O=S(O)O. The van der Waals surface area contributed by atoms with Gasteiger partial charge in [-0.05, 0) is 12.8 Å². The zero-order chi connectivity index (χ0) is 12.8. The van der Waals surface area contributed by atoms with Gasteiger partial charge in [-0.2, -0.15) is 14.7 Å². The van der Waals surface area contributed by atoms with Crippen molar-refractivity contribution >= 4 is 23.0 Å². The minimum Gasteiger partial charge on any atom is -0.284 e. The molecule has 1 atom stereocenters. The summed E-state index contributed by atoms with van der Waals surface area (Å²) >= 11 is 2.98. The van der Waals surface area contributed by atoms with Crippen LogP contribution in [-0.4, -0.2) is 18.7 Å². The molecule has 0 aliphatic carbocycles. The fraction of sp³-hybridized carbons (Fsp3) is 0.778. The van der Waals surface area contributed by atoms with E-state index in [2.05, 4.69) is 6.07 Å². The number of hydrogen-bond acceptors (Lipinski definition) is 3. The number of unbranched alkanes of at least 4 members (excludes halogenated alkanes) is 4. The van der Waals surface area contributed by atoms with E-state index in [9.17, 15) is 0 Å². The van der Waals surface area contributed by atoms with Crippen molar-refractivity contribution in [2.45, 2.75) is 43.9 Å². The van der Waals surface area contributed by atoms with Crippen LogP contribution in [0.25, 0.3) is 0 Å². The van der Waals surface area contributed by atoms with Crippen molar-refractivity contribution < 1.29 is 13.3 Å². The van der Waals surface area contributed by atoms with Crippen molar-refractivity contribution in [3.05, 3.63) is 0 Å². The first-order valence-corrected chi connectivity index (χ1v) is 6.25. The van der Waals surface area contributed by atoms with Gasteiger partial charge in [-0.15, -0.1) is 11.6 Å². The Morgan fingerprint density at radius 1 is 1.19 bits per heavy atom. The van der Waals surface area contributed by atoms with E-state index < -0.39 is 11.4 Å². The van der Waals surface area contributed by atoms with E-state index in [4.69, 9.17) is 35.4 Å². The Labute approximate surface area is 103 Å². The Kier molecular flexibility index (Phi) is 15.9. The molecule has 92 valence electrons. The summed E-state index contributed by atoms with van der Waals surface area (Å²) in [5.74, 6) is 0. The number of rotatable bonds is 6. The predicted octanol–water partition coefficient (Wildman–Crippen LogP) is 2.66. The molecule has 0 bridgehead atoms. The normalized spacial score (nSPS) is 10.9. The molecule has 0 saturated heterocycles. The maximum Gasteiger partial charge on any atom is 0.299 e. The third-order valence-corrected chi connectivity index (χ3v) is 1.95. The van der Waals surface area contributed by atoms with Gasteiger partial charge in [-0.3, -0.25) is 9.11 Å². The highest BCUT2D eigenvalue weighted by molar-refractivity contribution is 7.73. The van der Waals surface area contributed by atoms with Crippen LogP contribution < -0.4 is 0 Å². The highest BCUT2D eigenvalue weighted by Crippen LogP contribution is 2.09. The molecule has 2 N–H and O–H groups in total. The molecule has 0 aliphatic rings. The minimum atomic E-state index is -2.61. The van der Waals surface area contributed by atoms with Crippen molar-refractivity contribution in [3.63, 3.8) is 0 Å². The van der Waals surface area contributed by atoms with Gasteiger partial charge in [0.1, 0.15) is 5.38 Å².